The van der Waals surface area contributed by atoms with Gasteiger partial charge in [0.1, 0.15) is 24.2 Å². The minimum atomic E-state index is -0.970. The lowest BCUT2D eigenvalue weighted by Gasteiger charge is -2.57. The molecule has 2 aromatic carbocycles. The molecule has 4 bridgehead atoms. The van der Waals surface area contributed by atoms with Gasteiger partial charge in [-0.05, 0) is 104 Å². The molecule has 0 aliphatic heterocycles. The average molecular weight is 423 g/mol. The highest BCUT2D eigenvalue weighted by Crippen LogP contribution is 2.62. The maximum atomic E-state index is 11.0. The van der Waals surface area contributed by atoms with Crippen LogP contribution in [-0.4, -0.2) is 29.9 Å². The Labute approximate surface area is 183 Å². The molecule has 5 heteroatoms. The molecule has 6 rings (SSSR count). The SMILES string of the molecule is COc1ccc(C(O)COc2ccc(C(=O)O)cc2)cc1C12CC3CC(CC(C3)C1)C2. The average Bonchev–Trinajstić information content (AvgIpc) is 2.76. The van der Waals surface area contributed by atoms with Crippen LogP contribution >= 0.6 is 0 Å². The summed E-state index contributed by atoms with van der Waals surface area (Å²) in [5, 5.41) is 19.8. The van der Waals surface area contributed by atoms with Gasteiger partial charge in [-0.25, -0.2) is 4.79 Å². The van der Waals surface area contributed by atoms with Gasteiger partial charge in [0, 0.05) is 5.56 Å². The molecule has 4 aliphatic rings. The summed E-state index contributed by atoms with van der Waals surface area (Å²) in [6, 6.07) is 12.3. The number of carboxylic acid groups (broad SMARTS) is 1. The number of rotatable bonds is 7. The Hall–Kier alpha value is -2.53. The van der Waals surface area contributed by atoms with Crippen LogP contribution in [0.25, 0.3) is 0 Å². The number of ether oxygens (including phenoxy) is 2. The Kier molecular flexibility index (Phi) is 5.17. The maximum Gasteiger partial charge on any atom is 0.335 e. The normalized spacial score (nSPS) is 29.5. The van der Waals surface area contributed by atoms with Gasteiger partial charge < -0.3 is 19.7 Å². The van der Waals surface area contributed by atoms with Crippen molar-refractivity contribution >= 4 is 5.97 Å². The Morgan fingerprint density at radius 2 is 1.65 bits per heavy atom. The molecule has 5 nitrogen and oxygen atoms in total. The van der Waals surface area contributed by atoms with Crippen LogP contribution in [0.3, 0.4) is 0 Å². The van der Waals surface area contributed by atoms with Crippen molar-refractivity contribution in [3.63, 3.8) is 0 Å². The van der Waals surface area contributed by atoms with Gasteiger partial charge >= 0.3 is 5.97 Å². The number of aromatic carboxylic acids is 1. The second kappa shape index (κ2) is 7.86. The van der Waals surface area contributed by atoms with Crippen LogP contribution in [0.15, 0.2) is 42.5 Å². The Morgan fingerprint density at radius 3 is 2.19 bits per heavy atom. The molecule has 31 heavy (non-hydrogen) atoms. The second-order valence-electron chi connectivity index (χ2n) is 9.81. The smallest absolute Gasteiger partial charge is 0.335 e. The molecule has 4 aliphatic carbocycles. The number of hydrogen-bond acceptors (Lipinski definition) is 4. The first-order chi connectivity index (χ1) is 15.0. The number of aliphatic hydroxyl groups excluding tert-OH is 1. The third kappa shape index (κ3) is 3.80. The van der Waals surface area contributed by atoms with Gasteiger partial charge in [-0.3, -0.25) is 0 Å². The lowest BCUT2D eigenvalue weighted by molar-refractivity contribution is -0.00630. The molecule has 4 saturated carbocycles. The second-order valence-corrected chi connectivity index (χ2v) is 9.81. The standard InChI is InChI=1S/C26H30O5/c1-30-24-7-4-20(23(27)15-31-21-5-2-19(3-6-21)25(28)29)11-22(24)26-12-16-8-17(13-26)10-18(9-16)14-26/h2-7,11,16-18,23,27H,8-10,12-15H2,1H3,(H,28,29). The van der Waals surface area contributed by atoms with Crippen LogP contribution in [0.1, 0.15) is 66.1 Å². The summed E-state index contributed by atoms with van der Waals surface area (Å²) < 4.78 is 11.5. The van der Waals surface area contributed by atoms with Gasteiger partial charge in [0.2, 0.25) is 0 Å². The predicted molar refractivity (Wildman–Crippen MR) is 117 cm³/mol. The highest BCUT2D eigenvalue weighted by molar-refractivity contribution is 5.87. The summed E-state index contributed by atoms with van der Waals surface area (Å²) >= 11 is 0. The fourth-order valence-electron chi connectivity index (χ4n) is 6.75. The van der Waals surface area contributed by atoms with Gasteiger partial charge in [-0.1, -0.05) is 6.07 Å². The summed E-state index contributed by atoms with van der Waals surface area (Å²) in [6.45, 7) is 0.110. The number of methoxy groups -OCH3 is 1. The minimum Gasteiger partial charge on any atom is -0.496 e. The first-order valence-corrected chi connectivity index (χ1v) is 11.3. The molecule has 0 spiro atoms. The van der Waals surface area contributed by atoms with Crippen molar-refractivity contribution in [3.05, 3.63) is 59.2 Å². The van der Waals surface area contributed by atoms with E-state index in [4.69, 9.17) is 14.6 Å². The molecule has 2 aromatic rings. The van der Waals surface area contributed by atoms with Crippen molar-refractivity contribution in [3.8, 4) is 11.5 Å². The van der Waals surface area contributed by atoms with Crippen LogP contribution in [0.5, 0.6) is 11.5 Å². The largest absolute Gasteiger partial charge is 0.496 e. The lowest BCUT2D eigenvalue weighted by Crippen LogP contribution is -2.48. The quantitative estimate of drug-likeness (QED) is 0.659. The number of carboxylic acids is 1. The molecule has 4 fully saturated rings. The highest BCUT2D eigenvalue weighted by Gasteiger charge is 2.52. The van der Waals surface area contributed by atoms with Crippen LogP contribution < -0.4 is 9.47 Å². The van der Waals surface area contributed by atoms with Gasteiger partial charge in [0.05, 0.1) is 12.7 Å². The zero-order chi connectivity index (χ0) is 21.6. The van der Waals surface area contributed by atoms with E-state index in [-0.39, 0.29) is 17.6 Å². The number of hydrogen-bond donors (Lipinski definition) is 2. The van der Waals surface area contributed by atoms with E-state index in [1.54, 1.807) is 19.2 Å². The highest BCUT2D eigenvalue weighted by atomic mass is 16.5. The van der Waals surface area contributed by atoms with Crippen LogP contribution in [0.2, 0.25) is 0 Å². The third-order valence-electron chi connectivity index (χ3n) is 7.73. The van der Waals surface area contributed by atoms with Crippen molar-refractivity contribution in [1.29, 1.82) is 0 Å². The van der Waals surface area contributed by atoms with E-state index in [1.807, 2.05) is 12.1 Å². The zero-order valence-electron chi connectivity index (χ0n) is 17.9. The van der Waals surface area contributed by atoms with E-state index in [0.717, 1.165) is 29.1 Å². The molecule has 1 atom stereocenters. The molecule has 0 heterocycles. The van der Waals surface area contributed by atoms with E-state index < -0.39 is 12.1 Å². The zero-order valence-corrected chi connectivity index (χ0v) is 17.9. The van der Waals surface area contributed by atoms with Gasteiger partial charge in [0.15, 0.2) is 0 Å². The molecule has 0 amide bonds. The van der Waals surface area contributed by atoms with E-state index >= 15 is 0 Å². The molecular weight excluding hydrogens is 392 g/mol. The molecule has 164 valence electrons. The number of benzene rings is 2. The monoisotopic (exact) mass is 422 g/mol. The predicted octanol–water partition coefficient (Wildman–Crippen LogP) is 4.97. The van der Waals surface area contributed by atoms with Crippen LogP contribution in [-0.2, 0) is 5.41 Å². The number of aliphatic hydroxyl groups is 1. The summed E-state index contributed by atoms with van der Waals surface area (Å²) in [5.41, 5.74) is 2.50. The first kappa shape index (κ1) is 20.4. The molecular formula is C26H30O5. The van der Waals surface area contributed by atoms with Crippen LogP contribution in [0, 0.1) is 17.8 Å². The Bertz CT molecular complexity index is 929. The molecule has 0 saturated heterocycles. The minimum absolute atomic E-state index is 0.110. The lowest BCUT2D eigenvalue weighted by atomic mass is 9.48. The van der Waals surface area contributed by atoms with Crippen molar-refractivity contribution in [2.24, 2.45) is 17.8 Å². The molecule has 2 N–H and O–H groups in total. The van der Waals surface area contributed by atoms with E-state index in [2.05, 4.69) is 6.07 Å². The van der Waals surface area contributed by atoms with Crippen molar-refractivity contribution < 1.29 is 24.5 Å². The fraction of sp³-hybridized carbons (Fsp3) is 0.500. The van der Waals surface area contributed by atoms with E-state index in [1.165, 1.54) is 56.2 Å². The summed E-state index contributed by atoms with van der Waals surface area (Å²) in [4.78, 5) is 11.0. The van der Waals surface area contributed by atoms with Gasteiger partial charge in [-0.15, -0.1) is 0 Å². The molecule has 0 aromatic heterocycles. The summed E-state index contributed by atoms with van der Waals surface area (Å²) in [7, 11) is 1.74. The van der Waals surface area contributed by atoms with E-state index in [0.29, 0.717) is 5.75 Å². The third-order valence-corrected chi connectivity index (χ3v) is 7.73. The van der Waals surface area contributed by atoms with Gasteiger partial charge in [-0.2, -0.15) is 0 Å². The van der Waals surface area contributed by atoms with Crippen molar-refractivity contribution in [1.82, 2.24) is 0 Å². The topological polar surface area (TPSA) is 76.0 Å². The Morgan fingerprint density at radius 1 is 1.03 bits per heavy atom. The number of carbonyl (C=O) groups is 1. The van der Waals surface area contributed by atoms with Crippen LogP contribution in [0.4, 0.5) is 0 Å². The fourth-order valence-corrected chi connectivity index (χ4v) is 6.75. The first-order valence-electron chi connectivity index (χ1n) is 11.3. The summed E-state index contributed by atoms with van der Waals surface area (Å²) in [5.74, 6) is 3.01. The molecule has 0 radical (unpaired) electrons. The van der Waals surface area contributed by atoms with Crippen molar-refractivity contribution in [2.75, 3.05) is 13.7 Å². The maximum absolute atomic E-state index is 11.0. The van der Waals surface area contributed by atoms with Gasteiger partial charge in [0.25, 0.3) is 0 Å². The van der Waals surface area contributed by atoms with Crippen molar-refractivity contribution in [2.45, 2.75) is 50.0 Å². The summed E-state index contributed by atoms with van der Waals surface area (Å²) in [6.07, 6.45) is 7.11. The van der Waals surface area contributed by atoms with E-state index in [9.17, 15) is 9.90 Å². The molecule has 1 unspecified atom stereocenters. The Balaban J connectivity index is 1.35.